The number of nitrogens with zero attached hydrogens (tertiary/aromatic N) is 1. The van der Waals surface area contributed by atoms with E-state index in [1.54, 1.807) is 24.0 Å². The number of piperidine rings is 1. The Balaban J connectivity index is 1.47. The molecule has 0 bridgehead atoms. The zero-order valence-corrected chi connectivity index (χ0v) is 17.5. The fraction of sp³-hybridized carbons (Fsp3) is 0.375. The third kappa shape index (κ3) is 5.47. The quantitative estimate of drug-likeness (QED) is 0.571. The van der Waals surface area contributed by atoms with Gasteiger partial charge < -0.3 is 15.0 Å². The van der Waals surface area contributed by atoms with Crippen LogP contribution in [-0.2, 0) is 16.0 Å². The van der Waals surface area contributed by atoms with Gasteiger partial charge in [0.1, 0.15) is 0 Å². The molecular weight excluding hydrogens is 380 g/mol. The first kappa shape index (κ1) is 21.6. The summed E-state index contributed by atoms with van der Waals surface area (Å²) >= 11 is 0. The first-order chi connectivity index (χ1) is 14.5. The molecule has 1 N–H and O–H groups in total. The minimum absolute atomic E-state index is 0.174. The fourth-order valence-electron chi connectivity index (χ4n) is 3.51. The Hall–Kier alpha value is -3.15. The van der Waals surface area contributed by atoms with Crippen molar-refractivity contribution in [2.45, 2.75) is 39.2 Å². The number of likely N-dealkylation sites (tertiary alicyclic amines) is 1. The maximum Gasteiger partial charge on any atom is 0.321 e. The molecule has 0 aliphatic carbocycles. The Labute approximate surface area is 177 Å². The second kappa shape index (κ2) is 10.1. The molecule has 1 atom stereocenters. The maximum atomic E-state index is 12.5. The molecule has 1 aliphatic rings. The van der Waals surface area contributed by atoms with Crippen molar-refractivity contribution in [3.63, 3.8) is 0 Å². The van der Waals surface area contributed by atoms with Crippen LogP contribution in [0.25, 0.3) is 0 Å². The number of urea groups is 1. The zero-order valence-electron chi connectivity index (χ0n) is 17.5. The van der Waals surface area contributed by atoms with Gasteiger partial charge in [-0.3, -0.25) is 9.59 Å². The molecule has 158 valence electrons. The molecule has 6 nitrogen and oxygen atoms in total. The van der Waals surface area contributed by atoms with Gasteiger partial charge in [-0.2, -0.15) is 0 Å². The molecule has 6 heteroatoms. The van der Waals surface area contributed by atoms with Gasteiger partial charge in [0.25, 0.3) is 0 Å². The van der Waals surface area contributed by atoms with Crippen LogP contribution in [0.15, 0.2) is 54.6 Å². The first-order valence-corrected chi connectivity index (χ1v) is 10.4. The van der Waals surface area contributed by atoms with Gasteiger partial charge in [0.2, 0.25) is 5.78 Å². The third-order valence-electron chi connectivity index (χ3n) is 5.45. The van der Waals surface area contributed by atoms with Crippen LogP contribution in [0, 0.1) is 5.92 Å². The number of ether oxygens (including phenoxy) is 1. The number of carbonyl (C=O) groups is 3. The SMILES string of the molecule is CCc1ccc(C(=O)[C@H](C)OC(=O)C2CCN(C(=O)Nc3ccccc3)CC2)cc1. The van der Waals surface area contributed by atoms with Gasteiger partial charge in [0.15, 0.2) is 6.10 Å². The number of carbonyl (C=O) groups excluding carboxylic acids is 3. The number of hydrogen-bond donors (Lipinski definition) is 1. The van der Waals surface area contributed by atoms with E-state index in [0.29, 0.717) is 31.5 Å². The number of para-hydroxylation sites is 1. The van der Waals surface area contributed by atoms with E-state index >= 15 is 0 Å². The Bertz CT molecular complexity index is 872. The lowest BCUT2D eigenvalue weighted by Crippen LogP contribution is -2.43. The minimum Gasteiger partial charge on any atom is -0.454 e. The summed E-state index contributed by atoms with van der Waals surface area (Å²) in [5.41, 5.74) is 2.43. The Morgan fingerprint density at radius 3 is 2.27 bits per heavy atom. The Morgan fingerprint density at radius 2 is 1.67 bits per heavy atom. The number of Topliss-reactive ketones (excluding diaryl/α,β-unsaturated/α-hetero) is 1. The molecule has 0 saturated carbocycles. The minimum atomic E-state index is -0.829. The van der Waals surface area contributed by atoms with Crippen LogP contribution in [0.4, 0.5) is 10.5 Å². The highest BCUT2D eigenvalue weighted by molar-refractivity contribution is 6.00. The molecule has 30 heavy (non-hydrogen) atoms. The van der Waals surface area contributed by atoms with Gasteiger partial charge in [-0.1, -0.05) is 49.4 Å². The van der Waals surface area contributed by atoms with E-state index in [0.717, 1.165) is 17.7 Å². The summed E-state index contributed by atoms with van der Waals surface area (Å²) in [6.07, 6.45) is 1.12. The molecule has 3 rings (SSSR count). The number of benzene rings is 2. The Kier molecular flexibility index (Phi) is 7.22. The number of ketones is 1. The molecule has 1 heterocycles. The summed E-state index contributed by atoms with van der Waals surface area (Å²) in [6, 6.07) is 16.5. The van der Waals surface area contributed by atoms with Gasteiger partial charge in [-0.15, -0.1) is 0 Å². The molecule has 1 saturated heterocycles. The highest BCUT2D eigenvalue weighted by Gasteiger charge is 2.30. The molecule has 1 fully saturated rings. The van der Waals surface area contributed by atoms with Gasteiger partial charge in [-0.25, -0.2) is 4.79 Å². The molecule has 0 radical (unpaired) electrons. The number of aryl methyl sites for hydroxylation is 1. The predicted octanol–water partition coefficient (Wildman–Crippen LogP) is 4.31. The van der Waals surface area contributed by atoms with Gasteiger partial charge in [0.05, 0.1) is 5.92 Å². The van der Waals surface area contributed by atoms with E-state index < -0.39 is 6.10 Å². The van der Waals surface area contributed by atoms with Crippen molar-refractivity contribution in [3.8, 4) is 0 Å². The number of rotatable bonds is 6. The lowest BCUT2D eigenvalue weighted by atomic mass is 9.97. The van der Waals surface area contributed by atoms with Crippen molar-refractivity contribution in [2.24, 2.45) is 5.92 Å². The predicted molar refractivity (Wildman–Crippen MR) is 115 cm³/mol. The molecule has 2 amide bonds. The van der Waals surface area contributed by atoms with E-state index in [4.69, 9.17) is 4.74 Å². The summed E-state index contributed by atoms with van der Waals surface area (Å²) in [5.74, 6) is -0.877. The van der Waals surface area contributed by atoms with Crippen molar-refractivity contribution in [1.82, 2.24) is 4.90 Å². The van der Waals surface area contributed by atoms with Crippen LogP contribution < -0.4 is 5.32 Å². The summed E-state index contributed by atoms with van der Waals surface area (Å²) < 4.78 is 5.45. The summed E-state index contributed by atoms with van der Waals surface area (Å²) in [7, 11) is 0. The summed E-state index contributed by atoms with van der Waals surface area (Å²) in [6.45, 7) is 4.60. The average Bonchev–Trinajstić information content (AvgIpc) is 2.79. The van der Waals surface area contributed by atoms with E-state index in [9.17, 15) is 14.4 Å². The van der Waals surface area contributed by atoms with Gasteiger partial charge in [-0.05, 0) is 43.9 Å². The van der Waals surface area contributed by atoms with E-state index in [2.05, 4.69) is 12.2 Å². The van der Waals surface area contributed by atoms with Gasteiger partial charge in [0, 0.05) is 24.3 Å². The van der Waals surface area contributed by atoms with E-state index in [-0.39, 0.29) is 23.7 Å². The lowest BCUT2D eigenvalue weighted by Gasteiger charge is -2.31. The van der Waals surface area contributed by atoms with Crippen molar-refractivity contribution in [2.75, 3.05) is 18.4 Å². The van der Waals surface area contributed by atoms with Crippen molar-refractivity contribution >= 4 is 23.5 Å². The Morgan fingerprint density at radius 1 is 1.03 bits per heavy atom. The molecule has 2 aromatic carbocycles. The standard InChI is InChI=1S/C24H28N2O4/c1-3-18-9-11-19(12-10-18)22(27)17(2)30-23(28)20-13-15-26(16-14-20)24(29)25-21-7-5-4-6-8-21/h4-12,17,20H,3,13-16H2,1-2H3,(H,25,29)/t17-/m0/s1. The van der Waals surface area contributed by atoms with Crippen LogP contribution in [-0.4, -0.2) is 41.9 Å². The molecular formula is C24H28N2O4. The number of anilines is 1. The summed E-state index contributed by atoms with van der Waals surface area (Å²) in [5, 5.41) is 2.86. The normalized spacial score (nSPS) is 15.3. The van der Waals surface area contributed by atoms with Crippen LogP contribution >= 0.6 is 0 Å². The zero-order chi connectivity index (χ0) is 21.5. The van der Waals surface area contributed by atoms with Crippen molar-refractivity contribution in [1.29, 1.82) is 0 Å². The first-order valence-electron chi connectivity index (χ1n) is 10.4. The number of amides is 2. The molecule has 0 spiro atoms. The molecule has 2 aromatic rings. The van der Waals surface area contributed by atoms with Crippen LogP contribution in [0.3, 0.4) is 0 Å². The number of nitrogens with one attached hydrogen (secondary N) is 1. The third-order valence-corrected chi connectivity index (χ3v) is 5.45. The van der Waals surface area contributed by atoms with Crippen LogP contribution in [0.1, 0.15) is 42.6 Å². The molecule has 0 unspecified atom stereocenters. The lowest BCUT2D eigenvalue weighted by molar-refractivity contribution is -0.152. The number of esters is 1. The van der Waals surface area contributed by atoms with E-state index in [1.807, 2.05) is 42.5 Å². The van der Waals surface area contributed by atoms with Crippen molar-refractivity contribution < 1.29 is 19.1 Å². The van der Waals surface area contributed by atoms with Crippen LogP contribution in [0.5, 0.6) is 0 Å². The highest BCUT2D eigenvalue weighted by atomic mass is 16.5. The fourth-order valence-corrected chi connectivity index (χ4v) is 3.51. The van der Waals surface area contributed by atoms with Crippen LogP contribution in [0.2, 0.25) is 0 Å². The largest absolute Gasteiger partial charge is 0.454 e. The van der Waals surface area contributed by atoms with E-state index in [1.165, 1.54) is 0 Å². The molecule has 0 aromatic heterocycles. The highest BCUT2D eigenvalue weighted by Crippen LogP contribution is 2.21. The average molecular weight is 408 g/mol. The smallest absolute Gasteiger partial charge is 0.321 e. The van der Waals surface area contributed by atoms with Gasteiger partial charge >= 0.3 is 12.0 Å². The summed E-state index contributed by atoms with van der Waals surface area (Å²) in [4.78, 5) is 39.1. The second-order valence-corrected chi connectivity index (χ2v) is 7.55. The monoisotopic (exact) mass is 408 g/mol. The van der Waals surface area contributed by atoms with Crippen molar-refractivity contribution in [3.05, 3.63) is 65.7 Å². The second-order valence-electron chi connectivity index (χ2n) is 7.55. The molecule has 1 aliphatic heterocycles. The maximum absolute atomic E-state index is 12.5. The topological polar surface area (TPSA) is 75.7 Å². The number of hydrogen-bond acceptors (Lipinski definition) is 4.